The van der Waals surface area contributed by atoms with Crippen LogP contribution in [0.25, 0.3) is 0 Å². The third-order valence-corrected chi connectivity index (χ3v) is 5.01. The quantitative estimate of drug-likeness (QED) is 0.783. The average molecular weight is 381 g/mol. The molecule has 1 N–H and O–H groups in total. The van der Waals surface area contributed by atoms with Crippen molar-refractivity contribution < 1.29 is 9.18 Å². The molecule has 8 heteroatoms. The summed E-state index contributed by atoms with van der Waals surface area (Å²) in [6.07, 6.45) is 3.28. The standard InChI is InChI=1S/C18H22ClFN4O2/c1-2-3-9-21-17(25)12-6-5-10-23-16(12)22-24(18(23)26)11-13-14(19)7-4-8-15(13)20/h4,7-8,12H,2-3,5-6,9-11H2,1H3,(H,21,25). The fourth-order valence-corrected chi connectivity index (χ4v) is 3.43. The molecule has 2 heterocycles. The highest BCUT2D eigenvalue weighted by atomic mass is 35.5. The number of benzene rings is 1. The molecule has 6 nitrogen and oxygen atoms in total. The lowest BCUT2D eigenvalue weighted by molar-refractivity contribution is -0.123. The van der Waals surface area contributed by atoms with E-state index in [0.717, 1.165) is 19.3 Å². The number of fused-ring (bicyclic) bond motifs is 1. The number of hydrogen-bond acceptors (Lipinski definition) is 3. The van der Waals surface area contributed by atoms with Gasteiger partial charge in [0.1, 0.15) is 11.6 Å². The molecule has 1 unspecified atom stereocenters. The molecule has 1 aliphatic rings. The summed E-state index contributed by atoms with van der Waals surface area (Å²) in [6, 6.07) is 4.38. The van der Waals surface area contributed by atoms with Gasteiger partial charge in [-0.1, -0.05) is 31.0 Å². The number of aromatic nitrogens is 3. The second-order valence-electron chi connectivity index (χ2n) is 6.49. The molecular formula is C18H22ClFN4O2. The molecule has 0 spiro atoms. The molecule has 1 amide bonds. The Kier molecular flexibility index (Phi) is 5.76. The van der Waals surface area contributed by atoms with E-state index in [4.69, 9.17) is 11.6 Å². The van der Waals surface area contributed by atoms with Gasteiger partial charge in [0.15, 0.2) is 0 Å². The first-order valence-electron chi connectivity index (χ1n) is 8.91. The van der Waals surface area contributed by atoms with Gasteiger partial charge in [-0.05, 0) is 31.4 Å². The highest BCUT2D eigenvalue weighted by Gasteiger charge is 2.31. The summed E-state index contributed by atoms with van der Waals surface area (Å²) in [4.78, 5) is 25.1. The Morgan fingerprint density at radius 1 is 1.46 bits per heavy atom. The molecule has 1 aromatic carbocycles. The fraction of sp³-hybridized carbons (Fsp3) is 0.500. The van der Waals surface area contributed by atoms with E-state index in [9.17, 15) is 14.0 Å². The van der Waals surface area contributed by atoms with Crippen molar-refractivity contribution in [3.8, 4) is 0 Å². The van der Waals surface area contributed by atoms with Gasteiger partial charge < -0.3 is 5.32 Å². The van der Waals surface area contributed by atoms with Crippen molar-refractivity contribution in [2.24, 2.45) is 0 Å². The number of carbonyl (C=O) groups excluding carboxylic acids is 1. The smallest absolute Gasteiger partial charge is 0.346 e. The van der Waals surface area contributed by atoms with Crippen LogP contribution in [-0.4, -0.2) is 26.8 Å². The summed E-state index contributed by atoms with van der Waals surface area (Å²) in [5.74, 6) is -0.599. The Morgan fingerprint density at radius 2 is 2.27 bits per heavy atom. The Labute approximate surface area is 156 Å². The van der Waals surface area contributed by atoms with E-state index in [1.165, 1.54) is 21.4 Å². The van der Waals surface area contributed by atoms with Gasteiger partial charge >= 0.3 is 5.69 Å². The number of nitrogens with one attached hydrogen (secondary N) is 1. The zero-order valence-electron chi connectivity index (χ0n) is 14.7. The average Bonchev–Trinajstić information content (AvgIpc) is 2.94. The molecule has 0 saturated carbocycles. The predicted molar refractivity (Wildman–Crippen MR) is 96.9 cm³/mol. The van der Waals surface area contributed by atoms with Crippen molar-refractivity contribution in [1.29, 1.82) is 0 Å². The predicted octanol–water partition coefficient (Wildman–Crippen LogP) is 2.68. The zero-order valence-corrected chi connectivity index (χ0v) is 15.4. The summed E-state index contributed by atoms with van der Waals surface area (Å²) in [6.45, 7) is 3.12. The van der Waals surface area contributed by atoms with E-state index in [1.54, 1.807) is 6.07 Å². The van der Waals surface area contributed by atoms with Gasteiger partial charge in [-0.15, -0.1) is 0 Å². The molecule has 0 aliphatic carbocycles. The highest BCUT2D eigenvalue weighted by molar-refractivity contribution is 6.31. The van der Waals surface area contributed by atoms with Gasteiger partial charge in [-0.2, -0.15) is 5.10 Å². The van der Waals surface area contributed by atoms with Crippen LogP contribution < -0.4 is 11.0 Å². The first-order valence-corrected chi connectivity index (χ1v) is 9.28. The van der Waals surface area contributed by atoms with Gasteiger partial charge in [-0.25, -0.2) is 13.9 Å². The maximum absolute atomic E-state index is 14.0. The van der Waals surface area contributed by atoms with Crippen LogP contribution in [-0.2, 0) is 17.9 Å². The van der Waals surface area contributed by atoms with Crippen LogP contribution in [0.4, 0.5) is 4.39 Å². The SMILES string of the molecule is CCCCNC(=O)C1CCCn2c1nn(Cc1c(F)cccc1Cl)c2=O. The summed E-state index contributed by atoms with van der Waals surface area (Å²) in [5.41, 5.74) is -0.124. The molecule has 1 atom stereocenters. The van der Waals surface area contributed by atoms with E-state index in [1.807, 2.05) is 0 Å². The molecule has 1 aliphatic heterocycles. The van der Waals surface area contributed by atoms with E-state index < -0.39 is 11.7 Å². The van der Waals surface area contributed by atoms with E-state index in [2.05, 4.69) is 17.3 Å². The lowest BCUT2D eigenvalue weighted by atomic mass is 9.98. The van der Waals surface area contributed by atoms with Crippen molar-refractivity contribution in [1.82, 2.24) is 19.7 Å². The maximum Gasteiger partial charge on any atom is 0.346 e. The molecule has 0 saturated heterocycles. The van der Waals surface area contributed by atoms with Gasteiger partial charge in [0.05, 0.1) is 12.5 Å². The highest BCUT2D eigenvalue weighted by Crippen LogP contribution is 2.25. The molecule has 0 radical (unpaired) electrons. The Balaban J connectivity index is 1.87. The number of rotatable bonds is 6. The largest absolute Gasteiger partial charge is 0.355 e. The normalized spacial score (nSPS) is 16.3. The van der Waals surface area contributed by atoms with E-state index in [0.29, 0.717) is 25.3 Å². The summed E-state index contributed by atoms with van der Waals surface area (Å²) in [7, 11) is 0. The van der Waals surface area contributed by atoms with Crippen molar-refractivity contribution in [3.63, 3.8) is 0 Å². The zero-order chi connectivity index (χ0) is 18.7. The minimum atomic E-state index is -0.482. The second kappa shape index (κ2) is 8.03. The number of hydrogen-bond donors (Lipinski definition) is 1. The molecule has 0 bridgehead atoms. The monoisotopic (exact) mass is 380 g/mol. The van der Waals surface area contributed by atoms with Crippen LogP contribution in [0.1, 0.15) is 49.9 Å². The number of unbranched alkanes of at least 4 members (excludes halogenated alkanes) is 1. The molecular weight excluding hydrogens is 359 g/mol. The topological polar surface area (TPSA) is 68.9 Å². The number of amides is 1. The van der Waals surface area contributed by atoms with Crippen LogP contribution in [0.3, 0.4) is 0 Å². The van der Waals surface area contributed by atoms with Crippen LogP contribution >= 0.6 is 11.6 Å². The minimum absolute atomic E-state index is 0.0610. The maximum atomic E-state index is 14.0. The lowest BCUT2D eigenvalue weighted by Gasteiger charge is -2.21. The van der Waals surface area contributed by atoms with E-state index >= 15 is 0 Å². The summed E-state index contributed by atoms with van der Waals surface area (Å²) >= 11 is 6.05. The van der Waals surface area contributed by atoms with Crippen molar-refractivity contribution in [2.75, 3.05) is 6.54 Å². The van der Waals surface area contributed by atoms with Crippen molar-refractivity contribution >= 4 is 17.5 Å². The Hall–Kier alpha value is -2.15. The van der Waals surface area contributed by atoms with Gasteiger partial charge in [0, 0.05) is 23.7 Å². The van der Waals surface area contributed by atoms with Crippen LogP contribution in [0.2, 0.25) is 5.02 Å². The van der Waals surface area contributed by atoms with Crippen LogP contribution in [0, 0.1) is 5.82 Å². The van der Waals surface area contributed by atoms with Crippen LogP contribution in [0.15, 0.2) is 23.0 Å². The number of halogens is 2. The van der Waals surface area contributed by atoms with Gasteiger partial charge in [0.25, 0.3) is 0 Å². The van der Waals surface area contributed by atoms with Crippen molar-refractivity contribution in [3.05, 3.63) is 50.9 Å². The van der Waals surface area contributed by atoms with Gasteiger partial charge in [0.2, 0.25) is 5.91 Å². The molecule has 0 fully saturated rings. The molecule has 1 aromatic heterocycles. The minimum Gasteiger partial charge on any atom is -0.355 e. The van der Waals surface area contributed by atoms with Crippen LogP contribution in [0.5, 0.6) is 0 Å². The number of nitrogens with zero attached hydrogens (tertiary/aromatic N) is 3. The molecule has 2 aromatic rings. The van der Waals surface area contributed by atoms with E-state index in [-0.39, 0.29) is 28.7 Å². The fourth-order valence-electron chi connectivity index (χ4n) is 3.20. The second-order valence-corrected chi connectivity index (χ2v) is 6.90. The Bertz CT molecular complexity index is 841. The van der Waals surface area contributed by atoms with Crippen molar-refractivity contribution in [2.45, 2.75) is 51.6 Å². The van der Waals surface area contributed by atoms with Gasteiger partial charge in [-0.3, -0.25) is 9.36 Å². The molecule has 140 valence electrons. The lowest BCUT2D eigenvalue weighted by Crippen LogP contribution is -2.35. The third kappa shape index (κ3) is 3.67. The Morgan fingerprint density at radius 3 is 3.00 bits per heavy atom. The third-order valence-electron chi connectivity index (χ3n) is 4.65. The first kappa shape index (κ1) is 18.6. The molecule has 3 rings (SSSR count). The number of carbonyl (C=O) groups is 1. The summed E-state index contributed by atoms with van der Waals surface area (Å²) in [5, 5.41) is 7.49. The first-order chi connectivity index (χ1) is 12.5. The molecule has 26 heavy (non-hydrogen) atoms. The summed E-state index contributed by atoms with van der Waals surface area (Å²) < 4.78 is 16.7.